The molecule has 0 saturated carbocycles. The van der Waals surface area contributed by atoms with Crippen LogP contribution < -0.4 is 15.8 Å². The Kier molecular flexibility index (Phi) is 5.34. The van der Waals surface area contributed by atoms with Crippen LogP contribution in [0.2, 0.25) is 0 Å². The number of carbonyl (C=O) groups is 1. The zero-order valence-electron chi connectivity index (χ0n) is 13.5. The van der Waals surface area contributed by atoms with E-state index in [-0.39, 0.29) is 5.91 Å². The lowest BCUT2D eigenvalue weighted by Crippen LogP contribution is -2.36. The van der Waals surface area contributed by atoms with E-state index in [0.29, 0.717) is 16.9 Å². The summed E-state index contributed by atoms with van der Waals surface area (Å²) in [5.41, 5.74) is 8.09. The number of halogens is 1. The molecule has 0 saturated heterocycles. The number of ether oxygens (including phenoxy) is 1. The number of nitrogens with one attached hydrogen (secondary N) is 1. The minimum atomic E-state index is -0.809. The minimum Gasteiger partial charge on any atom is -0.496 e. The van der Waals surface area contributed by atoms with Crippen molar-refractivity contribution in [3.05, 3.63) is 65.0 Å². The Morgan fingerprint density at radius 2 is 1.87 bits per heavy atom. The van der Waals surface area contributed by atoms with E-state index in [9.17, 15) is 9.18 Å². The van der Waals surface area contributed by atoms with E-state index >= 15 is 0 Å². The van der Waals surface area contributed by atoms with Crippen molar-refractivity contribution in [3.63, 3.8) is 0 Å². The van der Waals surface area contributed by atoms with Gasteiger partial charge in [0.05, 0.1) is 18.7 Å². The van der Waals surface area contributed by atoms with E-state index in [4.69, 9.17) is 10.5 Å². The van der Waals surface area contributed by atoms with E-state index in [1.165, 1.54) is 13.2 Å². The molecule has 2 aromatic rings. The Morgan fingerprint density at radius 3 is 2.48 bits per heavy atom. The fourth-order valence-electron chi connectivity index (χ4n) is 2.42. The molecule has 3 N–H and O–H groups in total. The van der Waals surface area contributed by atoms with Crippen LogP contribution in [0.4, 0.5) is 4.39 Å². The van der Waals surface area contributed by atoms with Gasteiger partial charge >= 0.3 is 0 Å². The highest BCUT2D eigenvalue weighted by Gasteiger charge is 2.22. The number of amides is 1. The molecule has 2 unspecified atom stereocenters. The van der Waals surface area contributed by atoms with Gasteiger partial charge in [-0.2, -0.15) is 0 Å². The molecule has 1 amide bonds. The average molecular weight is 316 g/mol. The van der Waals surface area contributed by atoms with Crippen LogP contribution in [0.15, 0.2) is 42.5 Å². The van der Waals surface area contributed by atoms with Gasteiger partial charge < -0.3 is 15.8 Å². The predicted octanol–water partition coefficient (Wildman–Crippen LogP) is 3.02. The average Bonchev–Trinajstić information content (AvgIpc) is 2.54. The monoisotopic (exact) mass is 316 g/mol. The molecule has 0 spiro atoms. The van der Waals surface area contributed by atoms with Crippen molar-refractivity contribution >= 4 is 5.91 Å². The summed E-state index contributed by atoms with van der Waals surface area (Å²) < 4.78 is 19.2. The molecular formula is C18H21FN2O2. The van der Waals surface area contributed by atoms with Gasteiger partial charge in [0.1, 0.15) is 17.6 Å². The summed E-state index contributed by atoms with van der Waals surface area (Å²) in [6.45, 7) is 3.66. The van der Waals surface area contributed by atoms with Gasteiger partial charge in [-0.05, 0) is 31.5 Å². The minimum absolute atomic E-state index is 0.305. The predicted molar refractivity (Wildman–Crippen MR) is 87.6 cm³/mol. The van der Waals surface area contributed by atoms with Gasteiger partial charge in [0.25, 0.3) is 0 Å². The van der Waals surface area contributed by atoms with E-state index in [1.54, 1.807) is 19.1 Å². The third-order valence-electron chi connectivity index (χ3n) is 3.74. The first-order chi connectivity index (χ1) is 10.9. The maximum absolute atomic E-state index is 14.0. The van der Waals surface area contributed by atoms with Gasteiger partial charge in [-0.25, -0.2) is 4.39 Å². The van der Waals surface area contributed by atoms with E-state index in [0.717, 1.165) is 5.56 Å². The number of hydrogen-bond donors (Lipinski definition) is 2. The first kappa shape index (κ1) is 17.0. The van der Waals surface area contributed by atoms with Crippen LogP contribution in [0.3, 0.4) is 0 Å². The van der Waals surface area contributed by atoms with Crippen molar-refractivity contribution in [2.75, 3.05) is 7.11 Å². The molecule has 122 valence electrons. The molecule has 0 aromatic heterocycles. The number of rotatable bonds is 5. The zero-order valence-corrected chi connectivity index (χ0v) is 13.5. The zero-order chi connectivity index (χ0) is 17.0. The number of carbonyl (C=O) groups excluding carboxylic acids is 1. The second-order valence-electron chi connectivity index (χ2n) is 5.47. The van der Waals surface area contributed by atoms with Crippen LogP contribution in [-0.2, 0) is 4.79 Å². The van der Waals surface area contributed by atoms with Crippen molar-refractivity contribution < 1.29 is 13.9 Å². The lowest BCUT2D eigenvalue weighted by atomic mass is 10.0. The molecule has 0 aliphatic heterocycles. The Morgan fingerprint density at radius 1 is 1.22 bits per heavy atom. The highest BCUT2D eigenvalue weighted by molar-refractivity contribution is 5.83. The summed E-state index contributed by atoms with van der Waals surface area (Å²) >= 11 is 0. The smallest absolute Gasteiger partial charge is 0.241 e. The topological polar surface area (TPSA) is 64.3 Å². The second kappa shape index (κ2) is 7.24. The van der Waals surface area contributed by atoms with Crippen molar-refractivity contribution in [2.45, 2.75) is 25.9 Å². The Hall–Kier alpha value is -2.40. The van der Waals surface area contributed by atoms with Crippen LogP contribution in [0.1, 0.15) is 35.7 Å². The molecule has 4 nitrogen and oxygen atoms in total. The molecule has 0 heterocycles. The van der Waals surface area contributed by atoms with Crippen LogP contribution in [0.25, 0.3) is 0 Å². The maximum Gasteiger partial charge on any atom is 0.241 e. The number of hydrogen-bond acceptors (Lipinski definition) is 3. The molecule has 2 aromatic carbocycles. The molecule has 0 bridgehead atoms. The van der Waals surface area contributed by atoms with Crippen LogP contribution in [-0.4, -0.2) is 13.0 Å². The molecule has 2 atom stereocenters. The Balaban J connectivity index is 2.15. The van der Waals surface area contributed by atoms with Gasteiger partial charge in [-0.15, -0.1) is 0 Å². The third kappa shape index (κ3) is 3.87. The maximum atomic E-state index is 14.0. The SMILES string of the molecule is COc1cccc(F)c1C(C)NC(=O)C(N)c1ccc(C)cc1. The molecule has 0 radical (unpaired) electrons. The van der Waals surface area contributed by atoms with Gasteiger partial charge in [0.2, 0.25) is 5.91 Å². The van der Waals surface area contributed by atoms with Crippen molar-refractivity contribution in [3.8, 4) is 5.75 Å². The van der Waals surface area contributed by atoms with Gasteiger partial charge in [-0.1, -0.05) is 35.9 Å². The fourth-order valence-corrected chi connectivity index (χ4v) is 2.42. The molecule has 23 heavy (non-hydrogen) atoms. The van der Waals surface area contributed by atoms with Gasteiger partial charge in [0.15, 0.2) is 0 Å². The quantitative estimate of drug-likeness (QED) is 0.891. The molecular weight excluding hydrogens is 295 g/mol. The lowest BCUT2D eigenvalue weighted by Gasteiger charge is -2.20. The van der Waals surface area contributed by atoms with Crippen molar-refractivity contribution in [2.24, 2.45) is 5.73 Å². The van der Waals surface area contributed by atoms with Crippen molar-refractivity contribution in [1.29, 1.82) is 0 Å². The van der Waals surface area contributed by atoms with Crippen LogP contribution in [0.5, 0.6) is 5.75 Å². The molecule has 0 aliphatic rings. The summed E-state index contributed by atoms with van der Waals surface area (Å²) in [6.07, 6.45) is 0. The highest BCUT2D eigenvalue weighted by atomic mass is 19.1. The summed E-state index contributed by atoms with van der Waals surface area (Å²) in [5.74, 6) is -0.408. The van der Waals surface area contributed by atoms with Crippen molar-refractivity contribution in [1.82, 2.24) is 5.32 Å². The van der Waals surface area contributed by atoms with E-state index in [2.05, 4.69) is 5.32 Å². The summed E-state index contributed by atoms with van der Waals surface area (Å²) in [6, 6.07) is 10.6. The summed E-state index contributed by atoms with van der Waals surface area (Å²) in [5, 5.41) is 2.74. The highest BCUT2D eigenvalue weighted by Crippen LogP contribution is 2.28. The molecule has 5 heteroatoms. The lowest BCUT2D eigenvalue weighted by molar-refractivity contribution is -0.123. The molecule has 0 fully saturated rings. The second-order valence-corrected chi connectivity index (χ2v) is 5.47. The van der Waals surface area contributed by atoms with E-state index in [1.807, 2.05) is 31.2 Å². The van der Waals surface area contributed by atoms with Crippen LogP contribution in [0, 0.1) is 12.7 Å². The van der Waals surface area contributed by atoms with Gasteiger partial charge in [-0.3, -0.25) is 4.79 Å². The number of nitrogens with two attached hydrogens (primary N) is 1. The van der Waals surface area contributed by atoms with Crippen LogP contribution >= 0.6 is 0 Å². The van der Waals surface area contributed by atoms with E-state index < -0.39 is 17.9 Å². The Labute approximate surface area is 135 Å². The summed E-state index contributed by atoms with van der Waals surface area (Å²) in [4.78, 5) is 12.3. The largest absolute Gasteiger partial charge is 0.496 e. The fraction of sp³-hybridized carbons (Fsp3) is 0.278. The first-order valence-corrected chi connectivity index (χ1v) is 7.39. The standard InChI is InChI=1S/C18H21FN2O2/c1-11-7-9-13(10-8-11)17(20)18(22)21-12(2)16-14(19)5-4-6-15(16)23-3/h4-10,12,17H,20H2,1-3H3,(H,21,22). The molecule has 2 rings (SSSR count). The normalized spacial score (nSPS) is 13.3. The first-order valence-electron chi connectivity index (χ1n) is 7.39. The Bertz CT molecular complexity index is 686. The number of benzene rings is 2. The van der Waals surface area contributed by atoms with Gasteiger partial charge in [0, 0.05) is 0 Å². The third-order valence-corrected chi connectivity index (χ3v) is 3.74. The molecule has 0 aliphatic carbocycles. The summed E-state index contributed by atoms with van der Waals surface area (Å²) in [7, 11) is 1.46. The number of methoxy groups -OCH3 is 1. The number of aryl methyl sites for hydroxylation is 1.